The van der Waals surface area contributed by atoms with Crippen LogP contribution in [0.2, 0.25) is 0 Å². The van der Waals surface area contributed by atoms with Crippen LogP contribution in [0, 0.1) is 0 Å². The number of amides is 3. The maximum absolute atomic E-state index is 12.0. The van der Waals surface area contributed by atoms with Gasteiger partial charge >= 0.3 is 12.0 Å². The highest BCUT2D eigenvalue weighted by molar-refractivity contribution is 6.03. The molecule has 0 spiro atoms. The summed E-state index contributed by atoms with van der Waals surface area (Å²) in [6.07, 6.45) is 3.07. The average Bonchev–Trinajstić information content (AvgIpc) is 2.50. The van der Waals surface area contributed by atoms with Gasteiger partial charge in [0, 0.05) is 13.1 Å². The molecule has 7 nitrogen and oxygen atoms in total. The lowest BCUT2D eigenvalue weighted by Gasteiger charge is -2.23. The SMILES string of the molecule is CN(CC(=O)O)C(=O)N(CC=O)C(=O)/C=C/c1ccccc1. The lowest BCUT2D eigenvalue weighted by atomic mass is 10.2. The third kappa shape index (κ3) is 5.20. The fraction of sp³-hybridized carbons (Fsp3) is 0.200. The Bertz CT molecular complexity index is 583. The molecule has 0 aliphatic rings. The first-order valence-corrected chi connectivity index (χ1v) is 6.41. The first-order chi connectivity index (χ1) is 10.5. The van der Waals surface area contributed by atoms with E-state index in [0.717, 1.165) is 16.5 Å². The van der Waals surface area contributed by atoms with Crippen LogP contribution in [0.15, 0.2) is 36.4 Å². The van der Waals surface area contributed by atoms with Gasteiger partial charge in [0.25, 0.3) is 5.91 Å². The summed E-state index contributed by atoms with van der Waals surface area (Å²) < 4.78 is 0. The number of carbonyl (C=O) groups excluding carboxylic acids is 3. The van der Waals surface area contributed by atoms with Crippen LogP contribution in [-0.4, -0.2) is 59.2 Å². The van der Waals surface area contributed by atoms with Crippen molar-refractivity contribution in [1.82, 2.24) is 9.80 Å². The van der Waals surface area contributed by atoms with Gasteiger partial charge in [0.05, 0.1) is 6.54 Å². The summed E-state index contributed by atoms with van der Waals surface area (Å²) in [7, 11) is 1.24. The highest BCUT2D eigenvalue weighted by Crippen LogP contribution is 2.04. The van der Waals surface area contributed by atoms with E-state index in [0.29, 0.717) is 11.2 Å². The molecular weight excluding hydrogens is 288 g/mol. The lowest BCUT2D eigenvalue weighted by Crippen LogP contribution is -2.46. The van der Waals surface area contributed by atoms with E-state index in [4.69, 9.17) is 5.11 Å². The number of nitrogens with zero attached hydrogens (tertiary/aromatic N) is 2. The maximum atomic E-state index is 12.0. The second-order valence-electron chi connectivity index (χ2n) is 4.39. The fourth-order valence-electron chi connectivity index (χ4n) is 1.64. The number of carboxylic acid groups (broad SMARTS) is 1. The molecule has 0 saturated carbocycles. The van der Waals surface area contributed by atoms with Crippen LogP contribution in [0.25, 0.3) is 6.08 Å². The molecule has 0 fully saturated rings. The number of likely N-dealkylation sites (N-methyl/N-ethyl adjacent to an activating group) is 1. The first-order valence-electron chi connectivity index (χ1n) is 6.41. The van der Waals surface area contributed by atoms with Crippen LogP contribution >= 0.6 is 0 Å². The minimum absolute atomic E-state index is 0.404. The van der Waals surface area contributed by atoms with Crippen molar-refractivity contribution in [2.75, 3.05) is 20.1 Å². The van der Waals surface area contributed by atoms with Gasteiger partial charge in [-0.15, -0.1) is 0 Å². The van der Waals surface area contributed by atoms with E-state index in [-0.39, 0.29) is 0 Å². The summed E-state index contributed by atoms with van der Waals surface area (Å²) in [5.74, 6) is -1.91. The predicted molar refractivity (Wildman–Crippen MR) is 78.9 cm³/mol. The monoisotopic (exact) mass is 304 g/mol. The quantitative estimate of drug-likeness (QED) is 0.621. The number of hydrogen-bond donors (Lipinski definition) is 1. The molecule has 1 aromatic rings. The number of aldehydes is 1. The number of rotatable bonds is 6. The van der Waals surface area contributed by atoms with Gasteiger partial charge in [-0.25, -0.2) is 4.79 Å². The largest absolute Gasteiger partial charge is 0.480 e. The molecule has 0 bridgehead atoms. The molecule has 1 aromatic carbocycles. The summed E-state index contributed by atoms with van der Waals surface area (Å²) in [4.78, 5) is 46.8. The summed E-state index contributed by atoms with van der Waals surface area (Å²) in [6, 6.07) is 8.09. The van der Waals surface area contributed by atoms with Crippen molar-refractivity contribution in [2.45, 2.75) is 0 Å². The van der Waals surface area contributed by atoms with E-state index in [1.165, 1.54) is 13.1 Å². The Balaban J connectivity index is 2.83. The fourth-order valence-corrected chi connectivity index (χ4v) is 1.64. The van der Waals surface area contributed by atoms with Crippen molar-refractivity contribution < 1.29 is 24.3 Å². The average molecular weight is 304 g/mol. The second kappa shape index (κ2) is 8.35. The van der Waals surface area contributed by atoms with Crippen LogP contribution in [0.1, 0.15) is 5.56 Å². The molecule has 0 aliphatic carbocycles. The topological polar surface area (TPSA) is 95.0 Å². The zero-order valence-electron chi connectivity index (χ0n) is 12.0. The smallest absolute Gasteiger partial charge is 0.327 e. The number of hydrogen-bond acceptors (Lipinski definition) is 4. The van der Waals surface area contributed by atoms with Crippen molar-refractivity contribution >= 4 is 30.3 Å². The van der Waals surface area contributed by atoms with E-state index in [1.54, 1.807) is 24.3 Å². The standard InChI is InChI=1S/C15H16N2O5/c1-16(11-14(20)21)15(22)17(9-10-18)13(19)8-7-12-5-3-2-4-6-12/h2-8,10H,9,11H2,1H3,(H,20,21)/b8-7+. The van der Waals surface area contributed by atoms with Gasteiger partial charge < -0.3 is 14.8 Å². The Morgan fingerprint density at radius 2 is 1.82 bits per heavy atom. The normalized spacial score (nSPS) is 10.2. The molecule has 0 radical (unpaired) electrons. The van der Waals surface area contributed by atoms with Gasteiger partial charge in [0.1, 0.15) is 12.8 Å². The molecule has 7 heteroatoms. The number of imide groups is 1. The van der Waals surface area contributed by atoms with E-state index < -0.39 is 31.0 Å². The lowest BCUT2D eigenvalue weighted by molar-refractivity contribution is -0.138. The highest BCUT2D eigenvalue weighted by Gasteiger charge is 2.23. The van der Waals surface area contributed by atoms with Crippen LogP contribution in [0.5, 0.6) is 0 Å². The third-order valence-corrected chi connectivity index (χ3v) is 2.67. The third-order valence-electron chi connectivity index (χ3n) is 2.67. The molecule has 22 heavy (non-hydrogen) atoms. The number of carboxylic acids is 1. The predicted octanol–water partition coefficient (Wildman–Crippen LogP) is 0.864. The molecule has 3 amide bonds. The summed E-state index contributed by atoms with van der Waals surface area (Å²) in [5.41, 5.74) is 0.758. The van der Waals surface area contributed by atoms with Gasteiger partial charge in [-0.3, -0.25) is 14.5 Å². The zero-order chi connectivity index (χ0) is 16.5. The van der Waals surface area contributed by atoms with Crippen molar-refractivity contribution in [3.05, 3.63) is 42.0 Å². The van der Waals surface area contributed by atoms with Gasteiger partial charge in [-0.2, -0.15) is 0 Å². The van der Waals surface area contributed by atoms with Crippen LogP contribution in [0.4, 0.5) is 4.79 Å². The molecular formula is C15H16N2O5. The van der Waals surface area contributed by atoms with E-state index in [2.05, 4.69) is 0 Å². The number of carbonyl (C=O) groups is 4. The Kier molecular flexibility index (Phi) is 6.49. The van der Waals surface area contributed by atoms with E-state index >= 15 is 0 Å². The van der Waals surface area contributed by atoms with Crippen molar-refractivity contribution in [1.29, 1.82) is 0 Å². The highest BCUT2D eigenvalue weighted by atomic mass is 16.4. The molecule has 0 heterocycles. The number of urea groups is 1. The summed E-state index contributed by atoms with van der Waals surface area (Å²) >= 11 is 0. The molecule has 0 aliphatic heterocycles. The number of aliphatic carboxylic acids is 1. The molecule has 116 valence electrons. The Morgan fingerprint density at radius 1 is 1.18 bits per heavy atom. The summed E-state index contributed by atoms with van der Waals surface area (Å²) in [5, 5.41) is 8.65. The molecule has 1 rings (SSSR count). The Hall–Kier alpha value is -2.96. The molecule has 0 saturated heterocycles. The van der Waals surface area contributed by atoms with Crippen molar-refractivity contribution in [3.63, 3.8) is 0 Å². The minimum atomic E-state index is -1.21. The molecule has 0 aromatic heterocycles. The molecule has 0 atom stereocenters. The van der Waals surface area contributed by atoms with Gasteiger partial charge in [0.15, 0.2) is 0 Å². The molecule has 0 unspecified atom stereocenters. The van der Waals surface area contributed by atoms with E-state index in [1.807, 2.05) is 6.07 Å². The number of benzene rings is 1. The Labute approximate surface area is 127 Å². The van der Waals surface area contributed by atoms with Gasteiger partial charge in [-0.1, -0.05) is 30.3 Å². The summed E-state index contributed by atoms with van der Waals surface area (Å²) in [6.45, 7) is -1.01. The van der Waals surface area contributed by atoms with Gasteiger partial charge in [-0.05, 0) is 11.6 Å². The maximum Gasteiger partial charge on any atom is 0.327 e. The van der Waals surface area contributed by atoms with Crippen LogP contribution in [0.3, 0.4) is 0 Å². The van der Waals surface area contributed by atoms with Gasteiger partial charge in [0.2, 0.25) is 0 Å². The molecule has 1 N–H and O–H groups in total. The minimum Gasteiger partial charge on any atom is -0.480 e. The van der Waals surface area contributed by atoms with Crippen molar-refractivity contribution in [3.8, 4) is 0 Å². The van der Waals surface area contributed by atoms with E-state index in [9.17, 15) is 19.2 Å². The van der Waals surface area contributed by atoms with Crippen molar-refractivity contribution in [2.24, 2.45) is 0 Å². The second-order valence-corrected chi connectivity index (χ2v) is 4.39. The van der Waals surface area contributed by atoms with Crippen LogP contribution in [-0.2, 0) is 14.4 Å². The van der Waals surface area contributed by atoms with Crippen LogP contribution < -0.4 is 0 Å². The Morgan fingerprint density at radius 3 is 2.36 bits per heavy atom. The zero-order valence-corrected chi connectivity index (χ0v) is 12.0. The first kappa shape index (κ1) is 17.1.